The zero-order valence-electron chi connectivity index (χ0n) is 8.00. The van der Waals surface area contributed by atoms with Gasteiger partial charge in [0.1, 0.15) is 5.78 Å². The molecule has 1 rings (SSSR count). The molecule has 0 unspecified atom stereocenters. The highest BCUT2D eigenvalue weighted by atomic mass is 16.5. The average molecular weight is 182 g/mol. The molecular formula is C10H14O3. The molecule has 3 heteroatoms. The Balaban J connectivity index is 2.36. The summed E-state index contributed by atoms with van der Waals surface area (Å²) in [6, 6.07) is 0. The molecule has 0 saturated heterocycles. The van der Waals surface area contributed by atoms with Crippen LogP contribution in [0.15, 0.2) is 12.3 Å². The summed E-state index contributed by atoms with van der Waals surface area (Å²) < 4.78 is 4.58. The predicted octanol–water partition coefficient (Wildman–Crippen LogP) is 1.47. The van der Waals surface area contributed by atoms with Gasteiger partial charge in [0.15, 0.2) is 5.78 Å². The molecule has 1 saturated carbocycles. The summed E-state index contributed by atoms with van der Waals surface area (Å²) in [4.78, 5) is 22.5. The fraction of sp³-hybridized carbons (Fsp3) is 0.600. The summed E-state index contributed by atoms with van der Waals surface area (Å²) in [6.45, 7) is 1.91. The first-order chi connectivity index (χ1) is 6.08. The van der Waals surface area contributed by atoms with Gasteiger partial charge in [0.05, 0.1) is 19.8 Å². The van der Waals surface area contributed by atoms with Gasteiger partial charge in [-0.1, -0.05) is 6.92 Å². The SMILES string of the molecule is CO/C=C/C(=O)CC(=O)C1(C)CC1. The van der Waals surface area contributed by atoms with Crippen molar-refractivity contribution in [2.45, 2.75) is 26.2 Å². The Labute approximate surface area is 77.8 Å². The summed E-state index contributed by atoms with van der Waals surface area (Å²) >= 11 is 0. The number of hydrogen-bond acceptors (Lipinski definition) is 3. The van der Waals surface area contributed by atoms with Crippen LogP contribution in [0.25, 0.3) is 0 Å². The summed E-state index contributed by atoms with van der Waals surface area (Å²) in [6.07, 6.45) is 4.45. The molecule has 3 nitrogen and oxygen atoms in total. The Morgan fingerprint density at radius 3 is 2.54 bits per heavy atom. The average Bonchev–Trinajstić information content (AvgIpc) is 2.81. The molecule has 1 aliphatic carbocycles. The van der Waals surface area contributed by atoms with E-state index in [0.29, 0.717) is 0 Å². The second kappa shape index (κ2) is 3.73. The number of methoxy groups -OCH3 is 1. The highest BCUT2D eigenvalue weighted by Gasteiger charge is 2.44. The van der Waals surface area contributed by atoms with Crippen molar-refractivity contribution in [1.82, 2.24) is 0 Å². The first kappa shape index (κ1) is 9.96. The topological polar surface area (TPSA) is 43.4 Å². The van der Waals surface area contributed by atoms with E-state index in [1.54, 1.807) is 0 Å². The molecule has 13 heavy (non-hydrogen) atoms. The zero-order valence-corrected chi connectivity index (χ0v) is 8.00. The second-order valence-corrected chi connectivity index (χ2v) is 3.67. The summed E-state index contributed by atoms with van der Waals surface area (Å²) in [7, 11) is 1.47. The van der Waals surface area contributed by atoms with Crippen molar-refractivity contribution in [1.29, 1.82) is 0 Å². The van der Waals surface area contributed by atoms with Crippen LogP contribution in [0, 0.1) is 5.41 Å². The molecule has 72 valence electrons. The van der Waals surface area contributed by atoms with E-state index >= 15 is 0 Å². The maximum Gasteiger partial charge on any atom is 0.166 e. The summed E-state index contributed by atoms with van der Waals surface area (Å²) in [5.74, 6) is -0.127. The Kier molecular flexibility index (Phi) is 2.86. The number of hydrogen-bond donors (Lipinski definition) is 0. The van der Waals surface area contributed by atoms with Crippen LogP contribution in [0.4, 0.5) is 0 Å². The maximum atomic E-state index is 11.4. The van der Waals surface area contributed by atoms with E-state index in [-0.39, 0.29) is 23.4 Å². The Morgan fingerprint density at radius 1 is 1.46 bits per heavy atom. The van der Waals surface area contributed by atoms with E-state index in [4.69, 9.17) is 0 Å². The van der Waals surface area contributed by atoms with Crippen molar-refractivity contribution in [3.05, 3.63) is 12.3 Å². The number of allylic oxidation sites excluding steroid dienone is 1. The Hall–Kier alpha value is -1.12. The van der Waals surface area contributed by atoms with Crippen LogP contribution in [0.5, 0.6) is 0 Å². The number of Topliss-reactive ketones (excluding diaryl/α,β-unsaturated/α-hetero) is 1. The Bertz CT molecular complexity index is 249. The van der Waals surface area contributed by atoms with E-state index in [0.717, 1.165) is 12.8 Å². The second-order valence-electron chi connectivity index (χ2n) is 3.67. The van der Waals surface area contributed by atoms with E-state index in [1.807, 2.05) is 6.92 Å². The molecular weight excluding hydrogens is 168 g/mol. The monoisotopic (exact) mass is 182 g/mol. The lowest BCUT2D eigenvalue weighted by molar-refractivity contribution is -0.128. The van der Waals surface area contributed by atoms with Gasteiger partial charge in [0.25, 0.3) is 0 Å². The van der Waals surface area contributed by atoms with Gasteiger partial charge >= 0.3 is 0 Å². The van der Waals surface area contributed by atoms with E-state index in [9.17, 15) is 9.59 Å². The van der Waals surface area contributed by atoms with Crippen molar-refractivity contribution in [3.8, 4) is 0 Å². The van der Waals surface area contributed by atoms with Crippen LogP contribution in [-0.2, 0) is 14.3 Å². The third-order valence-electron chi connectivity index (χ3n) is 2.40. The maximum absolute atomic E-state index is 11.4. The molecule has 1 aliphatic rings. The van der Waals surface area contributed by atoms with Gasteiger partial charge in [-0.3, -0.25) is 9.59 Å². The number of ether oxygens (including phenoxy) is 1. The van der Waals surface area contributed by atoms with Gasteiger partial charge in [0.2, 0.25) is 0 Å². The lowest BCUT2D eigenvalue weighted by atomic mass is 9.99. The fourth-order valence-electron chi connectivity index (χ4n) is 1.04. The Morgan fingerprint density at radius 2 is 2.08 bits per heavy atom. The van der Waals surface area contributed by atoms with E-state index in [1.165, 1.54) is 19.4 Å². The van der Waals surface area contributed by atoms with Crippen LogP contribution >= 0.6 is 0 Å². The van der Waals surface area contributed by atoms with Crippen LogP contribution < -0.4 is 0 Å². The molecule has 0 amide bonds. The molecule has 0 aromatic heterocycles. The molecule has 1 fully saturated rings. The van der Waals surface area contributed by atoms with Crippen molar-refractivity contribution in [2.24, 2.45) is 5.41 Å². The predicted molar refractivity (Wildman–Crippen MR) is 48.1 cm³/mol. The number of ketones is 2. The number of carbonyl (C=O) groups excluding carboxylic acids is 2. The molecule has 0 bridgehead atoms. The number of rotatable bonds is 5. The summed E-state index contributed by atoms with van der Waals surface area (Å²) in [5, 5.41) is 0. The third kappa shape index (κ3) is 2.68. The quantitative estimate of drug-likeness (QED) is 0.367. The highest BCUT2D eigenvalue weighted by molar-refractivity contribution is 6.06. The van der Waals surface area contributed by atoms with Crippen LogP contribution in [0.2, 0.25) is 0 Å². The van der Waals surface area contributed by atoms with Crippen LogP contribution in [0.1, 0.15) is 26.2 Å². The van der Waals surface area contributed by atoms with Crippen molar-refractivity contribution in [3.63, 3.8) is 0 Å². The van der Waals surface area contributed by atoms with Crippen molar-refractivity contribution in [2.75, 3.05) is 7.11 Å². The van der Waals surface area contributed by atoms with E-state index in [2.05, 4.69) is 4.74 Å². The van der Waals surface area contributed by atoms with Gasteiger partial charge in [-0.2, -0.15) is 0 Å². The number of carbonyl (C=O) groups is 2. The fourth-order valence-corrected chi connectivity index (χ4v) is 1.04. The van der Waals surface area contributed by atoms with Gasteiger partial charge in [-0.25, -0.2) is 0 Å². The van der Waals surface area contributed by atoms with Crippen molar-refractivity contribution < 1.29 is 14.3 Å². The van der Waals surface area contributed by atoms with Crippen molar-refractivity contribution >= 4 is 11.6 Å². The normalized spacial score (nSPS) is 18.6. The molecule has 0 atom stereocenters. The largest absolute Gasteiger partial charge is 0.504 e. The smallest absolute Gasteiger partial charge is 0.166 e. The minimum Gasteiger partial charge on any atom is -0.504 e. The molecule has 0 aliphatic heterocycles. The lowest BCUT2D eigenvalue weighted by Crippen LogP contribution is -2.15. The van der Waals surface area contributed by atoms with E-state index < -0.39 is 0 Å². The first-order valence-electron chi connectivity index (χ1n) is 4.34. The molecule has 0 heterocycles. The highest BCUT2D eigenvalue weighted by Crippen LogP contribution is 2.46. The minimum absolute atomic E-state index is 0.0103. The molecule has 0 N–H and O–H groups in total. The van der Waals surface area contributed by atoms with Gasteiger partial charge in [-0.05, 0) is 12.8 Å². The van der Waals surface area contributed by atoms with Crippen LogP contribution in [0.3, 0.4) is 0 Å². The standard InChI is InChI=1S/C10H14O3/c1-10(4-5-10)9(12)7-8(11)3-6-13-2/h3,6H,4-5,7H2,1-2H3/b6-3+. The molecule has 0 spiro atoms. The first-order valence-corrected chi connectivity index (χ1v) is 4.34. The summed E-state index contributed by atoms with van der Waals surface area (Å²) in [5.41, 5.74) is -0.198. The zero-order chi connectivity index (χ0) is 9.90. The minimum atomic E-state index is -0.198. The van der Waals surface area contributed by atoms with Crippen LogP contribution in [-0.4, -0.2) is 18.7 Å². The third-order valence-corrected chi connectivity index (χ3v) is 2.40. The lowest BCUT2D eigenvalue weighted by Gasteiger charge is -2.03. The van der Waals surface area contributed by atoms with Gasteiger partial charge in [-0.15, -0.1) is 0 Å². The van der Waals surface area contributed by atoms with Gasteiger partial charge in [0, 0.05) is 11.5 Å². The molecule has 0 aromatic rings. The van der Waals surface area contributed by atoms with Gasteiger partial charge < -0.3 is 4.74 Å². The molecule has 0 radical (unpaired) electrons. The molecule has 0 aromatic carbocycles.